The number of nitrogen functional groups attached to an aromatic ring is 1. The maximum Gasteiger partial charge on any atom is 0.0603 e. The standard InChI is InChI=1S/C13H19ClN2/c1-2-3-8-16(11-5-6-11)13-7-4-10(14)9-12(13)15/h4,7,9,11H,2-3,5-6,8,15H2,1H3. The second-order valence-electron chi connectivity index (χ2n) is 4.48. The van der Waals surface area contributed by atoms with Gasteiger partial charge in [0, 0.05) is 17.6 Å². The second kappa shape index (κ2) is 4.96. The van der Waals surface area contributed by atoms with Crippen molar-refractivity contribution in [1.82, 2.24) is 0 Å². The van der Waals surface area contributed by atoms with Crippen molar-refractivity contribution >= 4 is 23.0 Å². The molecule has 0 amide bonds. The second-order valence-corrected chi connectivity index (χ2v) is 4.92. The highest BCUT2D eigenvalue weighted by atomic mass is 35.5. The first kappa shape index (κ1) is 11.6. The number of rotatable bonds is 5. The average molecular weight is 239 g/mol. The summed E-state index contributed by atoms with van der Waals surface area (Å²) < 4.78 is 0. The van der Waals surface area contributed by atoms with Gasteiger partial charge in [0.05, 0.1) is 11.4 Å². The van der Waals surface area contributed by atoms with Crippen LogP contribution in [0.25, 0.3) is 0 Å². The van der Waals surface area contributed by atoms with Crippen molar-refractivity contribution in [3.8, 4) is 0 Å². The number of nitrogens with zero attached hydrogens (tertiary/aromatic N) is 1. The van der Waals surface area contributed by atoms with Gasteiger partial charge in [0.1, 0.15) is 0 Å². The van der Waals surface area contributed by atoms with Gasteiger partial charge in [-0.25, -0.2) is 0 Å². The highest BCUT2D eigenvalue weighted by Crippen LogP contribution is 2.35. The van der Waals surface area contributed by atoms with Crippen molar-refractivity contribution in [2.75, 3.05) is 17.2 Å². The van der Waals surface area contributed by atoms with Crippen molar-refractivity contribution in [2.24, 2.45) is 0 Å². The molecule has 1 saturated carbocycles. The lowest BCUT2D eigenvalue weighted by atomic mass is 10.2. The molecule has 16 heavy (non-hydrogen) atoms. The van der Waals surface area contributed by atoms with Crippen molar-refractivity contribution < 1.29 is 0 Å². The Labute approximate surface area is 102 Å². The van der Waals surface area contributed by atoms with E-state index < -0.39 is 0 Å². The number of unbranched alkanes of at least 4 members (excludes halogenated alkanes) is 1. The summed E-state index contributed by atoms with van der Waals surface area (Å²) in [4.78, 5) is 2.44. The van der Waals surface area contributed by atoms with Gasteiger partial charge < -0.3 is 10.6 Å². The first-order valence-corrected chi connectivity index (χ1v) is 6.42. The molecule has 88 valence electrons. The van der Waals surface area contributed by atoms with Gasteiger partial charge in [0.25, 0.3) is 0 Å². The van der Waals surface area contributed by atoms with Crippen LogP contribution in [0.5, 0.6) is 0 Å². The van der Waals surface area contributed by atoms with Crippen LogP contribution in [-0.4, -0.2) is 12.6 Å². The summed E-state index contributed by atoms with van der Waals surface area (Å²) in [6, 6.07) is 6.52. The first-order chi connectivity index (χ1) is 7.72. The lowest BCUT2D eigenvalue weighted by Crippen LogP contribution is -2.27. The fraction of sp³-hybridized carbons (Fsp3) is 0.538. The van der Waals surface area contributed by atoms with Crippen LogP contribution >= 0.6 is 11.6 Å². The lowest BCUT2D eigenvalue weighted by molar-refractivity contribution is 0.714. The molecular weight excluding hydrogens is 220 g/mol. The number of anilines is 2. The van der Waals surface area contributed by atoms with Gasteiger partial charge in [-0.3, -0.25) is 0 Å². The monoisotopic (exact) mass is 238 g/mol. The number of benzene rings is 1. The van der Waals surface area contributed by atoms with Crippen LogP contribution in [0.4, 0.5) is 11.4 Å². The maximum atomic E-state index is 6.03. The van der Waals surface area contributed by atoms with Gasteiger partial charge in [-0.1, -0.05) is 24.9 Å². The summed E-state index contributed by atoms with van der Waals surface area (Å²) >= 11 is 5.92. The van der Waals surface area contributed by atoms with Gasteiger partial charge in [0.15, 0.2) is 0 Å². The molecule has 1 fully saturated rings. The summed E-state index contributed by atoms with van der Waals surface area (Å²) in [6.45, 7) is 3.32. The minimum absolute atomic E-state index is 0.704. The first-order valence-electron chi connectivity index (χ1n) is 6.04. The predicted molar refractivity (Wildman–Crippen MR) is 71.1 cm³/mol. The molecule has 0 atom stereocenters. The third kappa shape index (κ3) is 2.62. The molecule has 0 aromatic heterocycles. The minimum atomic E-state index is 0.704. The molecule has 0 bridgehead atoms. The van der Waals surface area contributed by atoms with Crippen LogP contribution in [0.3, 0.4) is 0 Å². The quantitative estimate of drug-likeness (QED) is 0.793. The number of halogens is 1. The van der Waals surface area contributed by atoms with Gasteiger partial charge in [-0.05, 0) is 37.5 Å². The molecule has 2 rings (SSSR count). The van der Waals surface area contributed by atoms with Gasteiger partial charge in [-0.15, -0.1) is 0 Å². The summed E-state index contributed by atoms with van der Waals surface area (Å²) in [5, 5.41) is 0.715. The number of hydrogen-bond donors (Lipinski definition) is 1. The van der Waals surface area contributed by atoms with Crippen molar-refractivity contribution in [1.29, 1.82) is 0 Å². The molecule has 1 aliphatic carbocycles. The Bertz CT molecular complexity index is 361. The van der Waals surface area contributed by atoms with E-state index >= 15 is 0 Å². The Morgan fingerprint density at radius 3 is 2.75 bits per heavy atom. The summed E-state index contributed by atoms with van der Waals surface area (Å²) in [5.41, 5.74) is 7.99. The molecule has 1 aromatic carbocycles. The van der Waals surface area contributed by atoms with Crippen LogP contribution in [-0.2, 0) is 0 Å². The fourth-order valence-corrected chi connectivity index (χ4v) is 2.18. The Hall–Kier alpha value is -0.890. The Kier molecular flexibility index (Phi) is 3.59. The minimum Gasteiger partial charge on any atom is -0.397 e. The van der Waals surface area contributed by atoms with E-state index in [1.807, 2.05) is 18.2 Å². The van der Waals surface area contributed by atoms with Gasteiger partial charge in [0.2, 0.25) is 0 Å². The zero-order valence-corrected chi connectivity index (χ0v) is 10.5. The largest absolute Gasteiger partial charge is 0.397 e. The molecule has 0 heterocycles. The number of nitrogens with two attached hydrogens (primary N) is 1. The SMILES string of the molecule is CCCCN(c1ccc(Cl)cc1N)C1CC1. The molecule has 2 nitrogen and oxygen atoms in total. The number of hydrogen-bond acceptors (Lipinski definition) is 2. The Balaban J connectivity index is 2.17. The van der Waals surface area contributed by atoms with E-state index in [2.05, 4.69) is 11.8 Å². The third-order valence-electron chi connectivity index (χ3n) is 3.04. The summed E-state index contributed by atoms with van der Waals surface area (Å²) in [5.74, 6) is 0. The summed E-state index contributed by atoms with van der Waals surface area (Å²) in [6.07, 6.45) is 5.03. The molecule has 3 heteroatoms. The van der Waals surface area contributed by atoms with Gasteiger partial charge >= 0.3 is 0 Å². The van der Waals surface area contributed by atoms with Crippen LogP contribution in [0, 0.1) is 0 Å². The topological polar surface area (TPSA) is 29.3 Å². The molecule has 0 spiro atoms. The third-order valence-corrected chi connectivity index (χ3v) is 3.27. The molecular formula is C13H19ClN2. The van der Waals surface area contributed by atoms with E-state index in [-0.39, 0.29) is 0 Å². The smallest absolute Gasteiger partial charge is 0.0603 e. The molecule has 0 saturated heterocycles. The molecule has 0 unspecified atom stereocenters. The van der Waals surface area contributed by atoms with Crippen molar-refractivity contribution in [2.45, 2.75) is 38.6 Å². The van der Waals surface area contributed by atoms with Gasteiger partial charge in [-0.2, -0.15) is 0 Å². The molecule has 1 aromatic rings. The maximum absolute atomic E-state index is 6.03. The van der Waals surface area contributed by atoms with Crippen LogP contribution in [0.1, 0.15) is 32.6 Å². The molecule has 0 aliphatic heterocycles. The van der Waals surface area contributed by atoms with E-state index in [1.165, 1.54) is 25.7 Å². The predicted octanol–water partition coefficient (Wildman–Crippen LogP) is 3.69. The highest BCUT2D eigenvalue weighted by molar-refractivity contribution is 6.31. The molecule has 2 N–H and O–H groups in total. The Morgan fingerprint density at radius 2 is 2.19 bits per heavy atom. The molecule has 0 radical (unpaired) electrons. The van der Waals surface area contributed by atoms with E-state index in [4.69, 9.17) is 17.3 Å². The lowest BCUT2D eigenvalue weighted by Gasteiger charge is -2.26. The van der Waals surface area contributed by atoms with Crippen molar-refractivity contribution in [3.05, 3.63) is 23.2 Å². The highest BCUT2D eigenvalue weighted by Gasteiger charge is 2.29. The van der Waals surface area contributed by atoms with E-state index in [9.17, 15) is 0 Å². The van der Waals surface area contributed by atoms with Crippen LogP contribution in [0.2, 0.25) is 5.02 Å². The van der Waals surface area contributed by atoms with Crippen LogP contribution in [0.15, 0.2) is 18.2 Å². The van der Waals surface area contributed by atoms with Crippen LogP contribution < -0.4 is 10.6 Å². The Morgan fingerprint density at radius 1 is 1.44 bits per heavy atom. The fourth-order valence-electron chi connectivity index (χ4n) is 2.00. The molecule has 1 aliphatic rings. The zero-order valence-electron chi connectivity index (χ0n) is 9.75. The van der Waals surface area contributed by atoms with Crippen molar-refractivity contribution in [3.63, 3.8) is 0 Å². The van der Waals surface area contributed by atoms with E-state index in [1.54, 1.807) is 0 Å². The summed E-state index contributed by atoms with van der Waals surface area (Å²) in [7, 11) is 0. The average Bonchev–Trinajstić information content (AvgIpc) is 3.05. The zero-order chi connectivity index (χ0) is 11.5. The van der Waals surface area contributed by atoms with E-state index in [0.717, 1.165) is 17.9 Å². The normalized spacial score (nSPS) is 15.1. The van der Waals surface area contributed by atoms with E-state index in [0.29, 0.717) is 11.1 Å².